The summed E-state index contributed by atoms with van der Waals surface area (Å²) in [7, 11) is 0. The highest BCUT2D eigenvalue weighted by molar-refractivity contribution is 5.92. The van der Waals surface area contributed by atoms with E-state index in [2.05, 4.69) is 22.9 Å². The number of hydrogen-bond donors (Lipinski definition) is 1. The Hall–Kier alpha value is -2.69. The molecular weight excluding hydrogens is 324 g/mol. The van der Waals surface area contributed by atoms with Crippen LogP contribution in [-0.2, 0) is 4.79 Å². The molecule has 1 fully saturated rings. The Labute approximate surface area is 155 Å². The first-order valence-corrected chi connectivity index (χ1v) is 9.06. The van der Waals surface area contributed by atoms with Gasteiger partial charge < -0.3 is 10.2 Å². The molecule has 1 amide bonds. The van der Waals surface area contributed by atoms with Crippen LogP contribution in [0.4, 0.5) is 11.5 Å². The maximum atomic E-state index is 12.3. The number of carbonyl (C=O) groups is 1. The Morgan fingerprint density at radius 2 is 2.04 bits per heavy atom. The largest absolute Gasteiger partial charge is 0.340 e. The number of likely N-dealkylation sites (tertiary alicyclic amines) is 1. The van der Waals surface area contributed by atoms with Crippen molar-refractivity contribution in [3.63, 3.8) is 0 Å². The second kappa shape index (κ2) is 7.68. The highest BCUT2D eigenvalue weighted by Gasteiger charge is 2.26. The van der Waals surface area contributed by atoms with E-state index in [0.29, 0.717) is 12.1 Å². The van der Waals surface area contributed by atoms with E-state index >= 15 is 0 Å². The van der Waals surface area contributed by atoms with E-state index in [-0.39, 0.29) is 11.8 Å². The third kappa shape index (κ3) is 4.28. The molecule has 0 bridgehead atoms. The van der Waals surface area contributed by atoms with Crippen LogP contribution in [0.2, 0.25) is 0 Å². The van der Waals surface area contributed by atoms with Crippen molar-refractivity contribution in [2.45, 2.75) is 39.5 Å². The first-order chi connectivity index (χ1) is 12.4. The van der Waals surface area contributed by atoms with Gasteiger partial charge in [-0.1, -0.05) is 12.6 Å². The molecule has 0 spiro atoms. The molecule has 1 aliphatic heterocycles. The fourth-order valence-electron chi connectivity index (χ4n) is 3.41. The number of pyridine rings is 2. The Balaban J connectivity index is 1.80. The zero-order valence-corrected chi connectivity index (χ0v) is 15.7. The van der Waals surface area contributed by atoms with Crippen LogP contribution in [0.1, 0.15) is 42.8 Å². The minimum Gasteiger partial charge on any atom is -0.340 e. The summed E-state index contributed by atoms with van der Waals surface area (Å²) in [6, 6.07) is 10.0. The number of aryl methyl sites for hydroxylation is 2. The molecular formula is C21H26N4O. The average Bonchev–Trinajstić information content (AvgIpc) is 2.60. The molecule has 1 N–H and O–H groups in total. The number of nitrogens with one attached hydrogen (secondary N) is 1. The van der Waals surface area contributed by atoms with Gasteiger partial charge in [-0.05, 0) is 57.9 Å². The molecule has 0 aliphatic carbocycles. The van der Waals surface area contributed by atoms with E-state index in [1.54, 1.807) is 6.92 Å². The minimum absolute atomic E-state index is 0.0460. The SMILES string of the molecule is C=C(C)C(=O)N1CCCC(c2cc(Nc3cccc(C)n3)cc(C)n2)C1. The molecule has 1 unspecified atom stereocenters. The molecule has 0 saturated carbocycles. The van der Waals surface area contributed by atoms with E-state index in [0.717, 1.165) is 48.0 Å². The molecule has 0 aromatic carbocycles. The van der Waals surface area contributed by atoms with Crippen molar-refractivity contribution in [2.75, 3.05) is 18.4 Å². The number of piperidine rings is 1. The normalized spacial score (nSPS) is 17.0. The summed E-state index contributed by atoms with van der Waals surface area (Å²) in [5.41, 5.74) is 4.53. The number of rotatable bonds is 4. The van der Waals surface area contributed by atoms with Gasteiger partial charge in [-0.2, -0.15) is 0 Å². The Kier molecular flexibility index (Phi) is 5.35. The fourth-order valence-corrected chi connectivity index (χ4v) is 3.41. The number of nitrogens with zero attached hydrogens (tertiary/aromatic N) is 3. The molecule has 3 heterocycles. The molecule has 26 heavy (non-hydrogen) atoms. The second-order valence-electron chi connectivity index (χ2n) is 7.08. The molecule has 5 nitrogen and oxygen atoms in total. The van der Waals surface area contributed by atoms with Gasteiger partial charge in [-0.25, -0.2) is 4.98 Å². The van der Waals surface area contributed by atoms with E-state index in [1.165, 1.54) is 0 Å². The summed E-state index contributed by atoms with van der Waals surface area (Å²) in [4.78, 5) is 23.4. The summed E-state index contributed by atoms with van der Waals surface area (Å²) in [6.45, 7) is 11.0. The van der Waals surface area contributed by atoms with Crippen LogP contribution in [-0.4, -0.2) is 33.9 Å². The Morgan fingerprint density at radius 1 is 1.23 bits per heavy atom. The number of hydrogen-bond acceptors (Lipinski definition) is 4. The topological polar surface area (TPSA) is 58.1 Å². The van der Waals surface area contributed by atoms with Crippen molar-refractivity contribution in [3.8, 4) is 0 Å². The van der Waals surface area contributed by atoms with Gasteiger partial charge in [0, 0.05) is 47.3 Å². The lowest BCUT2D eigenvalue weighted by atomic mass is 9.93. The van der Waals surface area contributed by atoms with Crippen LogP contribution in [0, 0.1) is 13.8 Å². The number of carbonyl (C=O) groups excluding carboxylic acids is 1. The van der Waals surface area contributed by atoms with Crippen LogP contribution in [0.5, 0.6) is 0 Å². The van der Waals surface area contributed by atoms with Crippen molar-refractivity contribution < 1.29 is 4.79 Å². The van der Waals surface area contributed by atoms with E-state index in [1.807, 2.05) is 43.0 Å². The molecule has 0 radical (unpaired) electrons. The van der Waals surface area contributed by atoms with Gasteiger partial charge >= 0.3 is 0 Å². The molecule has 1 saturated heterocycles. The highest BCUT2D eigenvalue weighted by Crippen LogP contribution is 2.29. The van der Waals surface area contributed by atoms with Crippen molar-refractivity contribution >= 4 is 17.4 Å². The lowest BCUT2D eigenvalue weighted by Gasteiger charge is -2.33. The van der Waals surface area contributed by atoms with E-state index < -0.39 is 0 Å². The van der Waals surface area contributed by atoms with Gasteiger partial charge in [0.2, 0.25) is 5.91 Å². The van der Waals surface area contributed by atoms with Gasteiger partial charge in [0.25, 0.3) is 0 Å². The van der Waals surface area contributed by atoms with Crippen LogP contribution in [0.3, 0.4) is 0 Å². The van der Waals surface area contributed by atoms with Gasteiger partial charge in [0.05, 0.1) is 0 Å². The Bertz CT molecular complexity index is 831. The first kappa shape index (κ1) is 18.1. The number of amides is 1. The van der Waals surface area contributed by atoms with Gasteiger partial charge in [0.15, 0.2) is 0 Å². The maximum absolute atomic E-state index is 12.3. The summed E-state index contributed by atoms with van der Waals surface area (Å²) in [6.07, 6.45) is 2.03. The predicted molar refractivity (Wildman–Crippen MR) is 105 cm³/mol. The predicted octanol–water partition coefficient (Wildman–Crippen LogP) is 4.12. The summed E-state index contributed by atoms with van der Waals surface area (Å²) < 4.78 is 0. The fraction of sp³-hybridized carbons (Fsp3) is 0.381. The standard InChI is InChI=1S/C21H26N4O/c1-14(2)21(26)25-10-6-8-17(13-25)19-12-18(11-16(4)22-19)24-20-9-5-7-15(3)23-20/h5,7,9,11-12,17H,1,6,8,10,13H2,2-4H3,(H,22,23,24). The highest BCUT2D eigenvalue weighted by atomic mass is 16.2. The molecule has 2 aromatic rings. The van der Waals surface area contributed by atoms with Crippen LogP contribution in [0.15, 0.2) is 42.5 Å². The lowest BCUT2D eigenvalue weighted by Crippen LogP contribution is -2.39. The van der Waals surface area contributed by atoms with Gasteiger partial charge in [-0.3, -0.25) is 9.78 Å². The lowest BCUT2D eigenvalue weighted by molar-refractivity contribution is -0.128. The molecule has 3 rings (SSSR count). The average molecular weight is 350 g/mol. The van der Waals surface area contributed by atoms with Crippen LogP contribution < -0.4 is 5.32 Å². The third-order valence-corrected chi connectivity index (χ3v) is 4.63. The number of aromatic nitrogens is 2. The van der Waals surface area contributed by atoms with E-state index in [9.17, 15) is 4.79 Å². The molecule has 136 valence electrons. The van der Waals surface area contributed by atoms with Crippen LogP contribution >= 0.6 is 0 Å². The van der Waals surface area contributed by atoms with Crippen molar-refractivity contribution in [2.24, 2.45) is 0 Å². The van der Waals surface area contributed by atoms with Gasteiger partial charge in [0.1, 0.15) is 5.82 Å². The zero-order valence-electron chi connectivity index (χ0n) is 15.7. The summed E-state index contributed by atoms with van der Waals surface area (Å²) >= 11 is 0. The third-order valence-electron chi connectivity index (χ3n) is 4.63. The van der Waals surface area contributed by atoms with Crippen molar-refractivity contribution in [1.82, 2.24) is 14.9 Å². The minimum atomic E-state index is 0.0460. The molecule has 1 aliphatic rings. The van der Waals surface area contributed by atoms with Crippen molar-refractivity contribution in [1.29, 1.82) is 0 Å². The number of anilines is 2. The van der Waals surface area contributed by atoms with E-state index in [4.69, 9.17) is 4.98 Å². The first-order valence-electron chi connectivity index (χ1n) is 9.06. The second-order valence-corrected chi connectivity index (χ2v) is 7.08. The molecule has 5 heteroatoms. The summed E-state index contributed by atoms with van der Waals surface area (Å²) in [5.74, 6) is 1.12. The molecule has 2 aromatic heterocycles. The zero-order chi connectivity index (χ0) is 18.7. The monoisotopic (exact) mass is 350 g/mol. The summed E-state index contributed by atoms with van der Waals surface area (Å²) in [5, 5.41) is 3.37. The molecule has 1 atom stereocenters. The Morgan fingerprint density at radius 3 is 2.77 bits per heavy atom. The van der Waals surface area contributed by atoms with Gasteiger partial charge in [-0.15, -0.1) is 0 Å². The smallest absolute Gasteiger partial charge is 0.248 e. The quantitative estimate of drug-likeness (QED) is 0.843. The van der Waals surface area contributed by atoms with Crippen molar-refractivity contribution in [3.05, 3.63) is 59.6 Å². The van der Waals surface area contributed by atoms with Crippen LogP contribution in [0.25, 0.3) is 0 Å². The maximum Gasteiger partial charge on any atom is 0.248 e.